The molecule has 5 heteroatoms. The largest absolute Gasteiger partial charge is 0.497 e. The Kier molecular flexibility index (Phi) is 4.20. The number of hydrogen-bond acceptors (Lipinski definition) is 3. The molecule has 2 N–H and O–H groups in total. The number of nitrogens with zero attached hydrogens (tertiary/aromatic N) is 1. The van der Waals surface area contributed by atoms with Gasteiger partial charge in [-0.05, 0) is 42.5 Å². The predicted octanol–water partition coefficient (Wildman–Crippen LogP) is 3.24. The van der Waals surface area contributed by atoms with Gasteiger partial charge in [0.15, 0.2) is 0 Å². The summed E-state index contributed by atoms with van der Waals surface area (Å²) in [6.45, 7) is 0. The molecule has 2 aromatic carbocycles. The molecule has 0 atom stereocenters. The van der Waals surface area contributed by atoms with Crippen LogP contribution in [0.1, 0.15) is 5.56 Å². The molecule has 0 aromatic heterocycles. The number of benzene rings is 2. The van der Waals surface area contributed by atoms with Gasteiger partial charge in [0.1, 0.15) is 16.6 Å². The molecule has 2 rings (SSSR count). The molecule has 3 nitrogen and oxygen atoms in total. The molecule has 0 amide bonds. The van der Waals surface area contributed by atoms with Gasteiger partial charge >= 0.3 is 0 Å². The summed E-state index contributed by atoms with van der Waals surface area (Å²) >= 11 is 4.98. The summed E-state index contributed by atoms with van der Waals surface area (Å²) in [5, 5.41) is 0. The Morgan fingerprint density at radius 2 is 1.85 bits per heavy atom. The zero-order valence-corrected chi connectivity index (χ0v) is 12.1. The maximum atomic E-state index is 13.3. The number of hydrogen-bond donors (Lipinski definition) is 1. The van der Waals surface area contributed by atoms with Gasteiger partial charge in [-0.25, -0.2) is 4.39 Å². The lowest BCUT2D eigenvalue weighted by Crippen LogP contribution is -2.18. The van der Waals surface area contributed by atoms with E-state index in [0.29, 0.717) is 5.56 Å². The van der Waals surface area contributed by atoms with E-state index in [1.807, 2.05) is 36.2 Å². The Hall–Kier alpha value is -2.14. The van der Waals surface area contributed by atoms with Crippen LogP contribution in [0.5, 0.6) is 5.75 Å². The van der Waals surface area contributed by atoms with Crippen molar-refractivity contribution in [3.63, 3.8) is 0 Å². The van der Waals surface area contributed by atoms with Crippen molar-refractivity contribution < 1.29 is 9.13 Å². The Morgan fingerprint density at radius 1 is 1.20 bits per heavy atom. The lowest BCUT2D eigenvalue weighted by molar-refractivity contribution is 0.415. The van der Waals surface area contributed by atoms with Crippen LogP contribution in [0.3, 0.4) is 0 Å². The van der Waals surface area contributed by atoms with Gasteiger partial charge in [-0.2, -0.15) is 0 Å². The summed E-state index contributed by atoms with van der Waals surface area (Å²) in [4.78, 5) is 2.06. The van der Waals surface area contributed by atoms with Crippen LogP contribution in [0.4, 0.5) is 15.8 Å². The van der Waals surface area contributed by atoms with Crippen molar-refractivity contribution >= 4 is 28.6 Å². The smallest absolute Gasteiger partial charge is 0.124 e. The first-order valence-corrected chi connectivity index (χ1v) is 6.41. The predicted molar refractivity (Wildman–Crippen MR) is 83.3 cm³/mol. The van der Waals surface area contributed by atoms with Gasteiger partial charge < -0.3 is 15.4 Å². The average molecular weight is 290 g/mol. The van der Waals surface area contributed by atoms with Crippen molar-refractivity contribution in [1.82, 2.24) is 0 Å². The quantitative estimate of drug-likeness (QED) is 0.877. The molecule has 0 aliphatic heterocycles. The number of ether oxygens (including phenoxy) is 1. The second-order valence-corrected chi connectivity index (χ2v) is 4.72. The van der Waals surface area contributed by atoms with E-state index in [9.17, 15) is 4.39 Å². The first kappa shape index (κ1) is 14.3. The van der Waals surface area contributed by atoms with E-state index in [2.05, 4.69) is 0 Å². The molecule has 2 aromatic rings. The van der Waals surface area contributed by atoms with Crippen molar-refractivity contribution in [1.29, 1.82) is 0 Å². The van der Waals surface area contributed by atoms with E-state index in [-0.39, 0.29) is 10.8 Å². The fourth-order valence-electron chi connectivity index (χ4n) is 1.94. The summed E-state index contributed by atoms with van der Waals surface area (Å²) in [7, 11) is 3.49. The van der Waals surface area contributed by atoms with Crippen LogP contribution < -0.4 is 15.4 Å². The fourth-order valence-corrected chi connectivity index (χ4v) is 2.11. The van der Waals surface area contributed by atoms with Gasteiger partial charge in [-0.3, -0.25) is 0 Å². The van der Waals surface area contributed by atoms with Gasteiger partial charge in [0.2, 0.25) is 0 Å². The third-order valence-corrected chi connectivity index (χ3v) is 3.27. The molecule has 0 aliphatic carbocycles. The van der Waals surface area contributed by atoms with Gasteiger partial charge in [0.25, 0.3) is 0 Å². The molecule has 0 unspecified atom stereocenters. The SMILES string of the molecule is COc1ccc(N(C)c2ccc(F)cc2C(N)=S)cc1. The highest BCUT2D eigenvalue weighted by Crippen LogP contribution is 2.29. The minimum Gasteiger partial charge on any atom is -0.497 e. The minimum atomic E-state index is -0.361. The van der Waals surface area contributed by atoms with Crippen LogP contribution in [0, 0.1) is 5.82 Å². The van der Waals surface area contributed by atoms with E-state index >= 15 is 0 Å². The average Bonchev–Trinajstić information content (AvgIpc) is 2.46. The van der Waals surface area contributed by atoms with Crippen molar-refractivity contribution in [2.45, 2.75) is 0 Å². The summed E-state index contributed by atoms with van der Waals surface area (Å²) < 4.78 is 18.4. The molecule has 0 fully saturated rings. The van der Waals surface area contributed by atoms with Crippen LogP contribution in [0.2, 0.25) is 0 Å². The topological polar surface area (TPSA) is 38.5 Å². The number of halogens is 1. The first-order chi connectivity index (χ1) is 9.52. The third-order valence-electron chi connectivity index (χ3n) is 3.05. The number of anilines is 2. The molecule has 0 aliphatic rings. The normalized spacial score (nSPS) is 10.2. The zero-order valence-electron chi connectivity index (χ0n) is 11.3. The van der Waals surface area contributed by atoms with Gasteiger partial charge in [-0.15, -0.1) is 0 Å². The van der Waals surface area contributed by atoms with Crippen molar-refractivity contribution in [3.05, 3.63) is 53.8 Å². The Morgan fingerprint density at radius 3 is 2.40 bits per heavy atom. The number of methoxy groups -OCH3 is 1. The number of rotatable bonds is 4. The van der Waals surface area contributed by atoms with E-state index in [0.717, 1.165) is 17.1 Å². The molecule has 20 heavy (non-hydrogen) atoms. The molecule has 0 saturated heterocycles. The molecule has 0 heterocycles. The van der Waals surface area contributed by atoms with Crippen LogP contribution in [-0.4, -0.2) is 19.1 Å². The van der Waals surface area contributed by atoms with Crippen molar-refractivity contribution in [3.8, 4) is 5.75 Å². The number of thiocarbonyl (C=S) groups is 1. The molecular weight excluding hydrogens is 275 g/mol. The van der Waals surface area contributed by atoms with E-state index in [1.165, 1.54) is 12.1 Å². The summed E-state index contributed by atoms with van der Waals surface area (Å²) in [6, 6.07) is 11.9. The third kappa shape index (κ3) is 2.88. The van der Waals surface area contributed by atoms with E-state index < -0.39 is 0 Å². The lowest BCUT2D eigenvalue weighted by Gasteiger charge is -2.22. The first-order valence-electron chi connectivity index (χ1n) is 6.00. The molecule has 0 saturated carbocycles. The molecule has 104 valence electrons. The van der Waals surface area contributed by atoms with E-state index in [1.54, 1.807) is 13.2 Å². The fraction of sp³-hybridized carbons (Fsp3) is 0.133. The lowest BCUT2D eigenvalue weighted by atomic mass is 10.1. The van der Waals surface area contributed by atoms with Crippen LogP contribution in [-0.2, 0) is 0 Å². The van der Waals surface area contributed by atoms with Crippen molar-refractivity contribution in [2.24, 2.45) is 5.73 Å². The second-order valence-electron chi connectivity index (χ2n) is 4.28. The molecule has 0 radical (unpaired) electrons. The second kappa shape index (κ2) is 5.88. The Labute approximate surface area is 122 Å². The summed E-state index contributed by atoms with van der Waals surface area (Å²) in [5.41, 5.74) is 7.86. The maximum absolute atomic E-state index is 13.3. The summed E-state index contributed by atoms with van der Waals surface area (Å²) in [6.07, 6.45) is 0. The highest BCUT2D eigenvalue weighted by Gasteiger charge is 2.12. The summed E-state index contributed by atoms with van der Waals surface area (Å²) in [5.74, 6) is 0.413. The standard InChI is InChI=1S/C15H15FN2OS/c1-18(11-4-6-12(19-2)7-5-11)14-8-3-10(16)9-13(14)15(17)20/h3-9H,1-2H3,(H2,17,20). The van der Waals surface area contributed by atoms with Crippen LogP contribution >= 0.6 is 12.2 Å². The monoisotopic (exact) mass is 290 g/mol. The van der Waals surface area contributed by atoms with E-state index in [4.69, 9.17) is 22.7 Å². The number of nitrogens with two attached hydrogens (primary N) is 1. The van der Waals surface area contributed by atoms with Crippen LogP contribution in [0.25, 0.3) is 0 Å². The van der Waals surface area contributed by atoms with Gasteiger partial charge in [0, 0.05) is 18.3 Å². The zero-order chi connectivity index (χ0) is 14.7. The maximum Gasteiger partial charge on any atom is 0.124 e. The minimum absolute atomic E-state index is 0.167. The molecular formula is C15H15FN2OS. The van der Waals surface area contributed by atoms with Gasteiger partial charge in [0.05, 0.1) is 12.8 Å². The highest BCUT2D eigenvalue weighted by atomic mass is 32.1. The molecule has 0 bridgehead atoms. The van der Waals surface area contributed by atoms with Gasteiger partial charge in [-0.1, -0.05) is 12.2 Å². The Bertz CT molecular complexity index is 628. The molecule has 0 spiro atoms. The Balaban J connectivity index is 2.41. The van der Waals surface area contributed by atoms with Crippen molar-refractivity contribution in [2.75, 3.05) is 19.1 Å². The van der Waals surface area contributed by atoms with Crippen LogP contribution in [0.15, 0.2) is 42.5 Å². The highest BCUT2D eigenvalue weighted by molar-refractivity contribution is 7.80.